The van der Waals surface area contributed by atoms with Crippen LogP contribution in [0.1, 0.15) is 20.5 Å². The molecule has 0 saturated carbocycles. The molecule has 0 saturated heterocycles. The quantitative estimate of drug-likeness (QED) is 0.889. The normalized spacial score (nSPS) is 11.0. The third kappa shape index (κ3) is 3.85. The Bertz CT molecular complexity index is 599. The molecule has 2 aromatic rings. The van der Waals surface area contributed by atoms with E-state index in [1.807, 2.05) is 0 Å². The molecule has 0 fully saturated rings. The Morgan fingerprint density at radius 2 is 2.10 bits per heavy atom. The summed E-state index contributed by atoms with van der Waals surface area (Å²) in [6.45, 7) is 0.189. The molecule has 2 rings (SSSR count). The summed E-state index contributed by atoms with van der Waals surface area (Å²) < 4.78 is 36.8. The molecule has 1 amide bonds. The monoisotopic (exact) mass is 345 g/mol. The van der Waals surface area contributed by atoms with Crippen LogP contribution in [0.15, 0.2) is 5.38 Å². The van der Waals surface area contributed by atoms with E-state index in [2.05, 4.69) is 20.5 Å². The highest BCUT2D eigenvalue weighted by Gasteiger charge is 2.35. The van der Waals surface area contributed by atoms with Gasteiger partial charge in [-0.2, -0.15) is 13.2 Å². The van der Waals surface area contributed by atoms with Gasteiger partial charge in [0.25, 0.3) is 5.91 Å². The molecule has 0 atom stereocenters. The Labute approximate surface area is 124 Å². The van der Waals surface area contributed by atoms with Gasteiger partial charge in [-0.05, 0) is 0 Å². The molecule has 0 aliphatic carbocycles. The van der Waals surface area contributed by atoms with Crippen LogP contribution < -0.4 is 11.1 Å². The van der Waals surface area contributed by atoms with Gasteiger partial charge in [0, 0.05) is 11.9 Å². The predicted molar refractivity (Wildman–Crippen MR) is 70.1 cm³/mol. The molecule has 0 spiro atoms. The number of anilines is 1. The van der Waals surface area contributed by atoms with Crippen LogP contribution in [0.4, 0.5) is 18.3 Å². The smallest absolute Gasteiger partial charge is 0.325 e. The molecule has 12 heteroatoms. The summed E-state index contributed by atoms with van der Waals surface area (Å²) in [6.07, 6.45) is -4.58. The Balaban J connectivity index is 0.00000200. The molecule has 20 heavy (non-hydrogen) atoms. The number of nitrogens with two attached hydrogens (primary N) is 1. The van der Waals surface area contributed by atoms with Crippen molar-refractivity contribution in [2.24, 2.45) is 5.73 Å². The van der Waals surface area contributed by atoms with Crippen LogP contribution in [-0.2, 0) is 12.7 Å². The van der Waals surface area contributed by atoms with Gasteiger partial charge in [0.2, 0.25) is 10.1 Å². The molecule has 3 N–H and O–H groups in total. The third-order valence-corrected chi connectivity index (χ3v) is 3.60. The highest BCUT2D eigenvalue weighted by Crippen LogP contribution is 2.33. The van der Waals surface area contributed by atoms with Gasteiger partial charge >= 0.3 is 6.18 Å². The molecule has 0 bridgehead atoms. The number of halogens is 4. The van der Waals surface area contributed by atoms with Crippen molar-refractivity contribution in [1.29, 1.82) is 0 Å². The number of carbonyl (C=O) groups is 1. The van der Waals surface area contributed by atoms with Crippen molar-refractivity contribution >= 4 is 46.1 Å². The van der Waals surface area contributed by atoms with Crippen LogP contribution in [0.2, 0.25) is 0 Å². The van der Waals surface area contributed by atoms with Gasteiger partial charge in [0.05, 0.1) is 0 Å². The first kappa shape index (κ1) is 16.8. The van der Waals surface area contributed by atoms with E-state index in [4.69, 9.17) is 5.73 Å². The number of hydrogen-bond donors (Lipinski definition) is 2. The average molecular weight is 346 g/mol. The van der Waals surface area contributed by atoms with Crippen LogP contribution in [0.25, 0.3) is 0 Å². The van der Waals surface area contributed by atoms with E-state index in [9.17, 15) is 18.0 Å². The lowest BCUT2D eigenvalue weighted by molar-refractivity contribution is -0.138. The molecular formula is C8H7ClF3N5OS2. The maximum Gasteiger partial charge on any atom is 0.445 e. The molecule has 0 aromatic carbocycles. The van der Waals surface area contributed by atoms with Crippen LogP contribution in [0.5, 0.6) is 0 Å². The molecule has 2 heterocycles. The summed E-state index contributed by atoms with van der Waals surface area (Å²) in [5.74, 6) is -0.652. The van der Waals surface area contributed by atoms with Crippen molar-refractivity contribution in [3.05, 3.63) is 21.1 Å². The second-order valence-electron chi connectivity index (χ2n) is 3.19. The maximum atomic E-state index is 12.3. The van der Waals surface area contributed by atoms with Gasteiger partial charge in [-0.25, -0.2) is 4.98 Å². The van der Waals surface area contributed by atoms with Gasteiger partial charge in [-0.3, -0.25) is 10.1 Å². The lowest BCUT2D eigenvalue weighted by Gasteiger charge is -1.98. The zero-order chi connectivity index (χ0) is 14.0. The standard InChI is InChI=1S/C8H6F3N5OS2.ClH/c9-8(10,11)6-15-16-7(19-6)14-5(17)3-2-18-4(1-12)13-3;/h2H,1,12H2,(H,14,16,17);1H. The summed E-state index contributed by atoms with van der Waals surface area (Å²) in [5, 5.41) is 9.04. The van der Waals surface area contributed by atoms with Gasteiger partial charge < -0.3 is 5.73 Å². The lowest BCUT2D eigenvalue weighted by Crippen LogP contribution is -2.12. The van der Waals surface area contributed by atoms with E-state index in [1.165, 1.54) is 16.7 Å². The first-order valence-corrected chi connectivity index (χ1v) is 6.46. The molecular weight excluding hydrogens is 339 g/mol. The lowest BCUT2D eigenvalue weighted by atomic mass is 10.4. The maximum absolute atomic E-state index is 12.3. The summed E-state index contributed by atoms with van der Waals surface area (Å²) in [6, 6.07) is 0. The summed E-state index contributed by atoms with van der Waals surface area (Å²) >= 11 is 1.44. The van der Waals surface area contributed by atoms with E-state index >= 15 is 0 Å². The zero-order valence-corrected chi connectivity index (χ0v) is 11.9. The van der Waals surface area contributed by atoms with Crippen LogP contribution in [-0.4, -0.2) is 21.1 Å². The highest BCUT2D eigenvalue weighted by atomic mass is 35.5. The van der Waals surface area contributed by atoms with Gasteiger partial charge in [0.15, 0.2) is 0 Å². The highest BCUT2D eigenvalue weighted by molar-refractivity contribution is 7.15. The first-order chi connectivity index (χ1) is 8.90. The van der Waals surface area contributed by atoms with Crippen LogP contribution in [0, 0.1) is 0 Å². The number of nitrogens with zero attached hydrogens (tertiary/aromatic N) is 3. The Hall–Kier alpha value is -1.30. The van der Waals surface area contributed by atoms with Crippen molar-refractivity contribution in [3.63, 3.8) is 0 Å². The van der Waals surface area contributed by atoms with Gasteiger partial charge in [0.1, 0.15) is 10.7 Å². The SMILES string of the molecule is Cl.NCc1nc(C(=O)Nc2nnc(C(F)(F)F)s2)cs1. The molecule has 2 aromatic heterocycles. The minimum atomic E-state index is -4.58. The number of carbonyl (C=O) groups excluding carboxylic acids is 1. The predicted octanol–water partition coefficient (Wildman–Crippen LogP) is 2.15. The fourth-order valence-electron chi connectivity index (χ4n) is 1.06. The topological polar surface area (TPSA) is 93.8 Å². The van der Waals surface area contributed by atoms with Crippen molar-refractivity contribution in [1.82, 2.24) is 15.2 Å². The van der Waals surface area contributed by atoms with E-state index in [-0.39, 0.29) is 41.1 Å². The van der Waals surface area contributed by atoms with Crippen molar-refractivity contribution in [2.75, 3.05) is 5.32 Å². The van der Waals surface area contributed by atoms with E-state index in [1.54, 1.807) is 0 Å². The number of amides is 1. The summed E-state index contributed by atoms with van der Waals surface area (Å²) in [7, 11) is 0. The Kier molecular flexibility index (Phi) is 5.39. The largest absolute Gasteiger partial charge is 0.445 e. The van der Waals surface area contributed by atoms with Crippen molar-refractivity contribution in [2.45, 2.75) is 12.7 Å². The molecule has 0 unspecified atom stereocenters. The molecule has 0 aliphatic rings. The minimum absolute atomic E-state index is 0. The van der Waals surface area contributed by atoms with E-state index in [0.29, 0.717) is 5.01 Å². The van der Waals surface area contributed by atoms with Crippen molar-refractivity contribution < 1.29 is 18.0 Å². The molecule has 6 nitrogen and oxygen atoms in total. The number of thiazole rings is 1. The van der Waals surface area contributed by atoms with Crippen LogP contribution >= 0.6 is 35.1 Å². The number of alkyl halides is 3. The molecule has 0 aliphatic heterocycles. The number of rotatable bonds is 3. The fraction of sp³-hybridized carbons (Fsp3) is 0.250. The Morgan fingerprint density at radius 3 is 2.60 bits per heavy atom. The molecule has 0 radical (unpaired) electrons. The second-order valence-corrected chi connectivity index (χ2v) is 5.12. The zero-order valence-electron chi connectivity index (χ0n) is 9.47. The second kappa shape index (κ2) is 6.43. The minimum Gasteiger partial charge on any atom is -0.325 e. The van der Waals surface area contributed by atoms with Gasteiger partial charge in [-0.1, -0.05) is 11.3 Å². The first-order valence-electron chi connectivity index (χ1n) is 4.76. The van der Waals surface area contributed by atoms with Crippen molar-refractivity contribution in [3.8, 4) is 0 Å². The van der Waals surface area contributed by atoms with E-state index < -0.39 is 17.1 Å². The van der Waals surface area contributed by atoms with E-state index in [0.717, 1.165) is 0 Å². The summed E-state index contributed by atoms with van der Waals surface area (Å²) in [5.41, 5.74) is 5.42. The van der Waals surface area contributed by atoms with Crippen LogP contribution in [0.3, 0.4) is 0 Å². The summed E-state index contributed by atoms with van der Waals surface area (Å²) in [4.78, 5) is 15.5. The number of aromatic nitrogens is 3. The number of hydrogen-bond acceptors (Lipinski definition) is 7. The number of nitrogens with one attached hydrogen (secondary N) is 1. The fourth-order valence-corrected chi connectivity index (χ4v) is 2.32. The molecule has 110 valence electrons. The third-order valence-electron chi connectivity index (χ3n) is 1.85. The average Bonchev–Trinajstić information content (AvgIpc) is 2.95. The Morgan fingerprint density at radius 1 is 1.40 bits per heavy atom. The van der Waals surface area contributed by atoms with Gasteiger partial charge in [-0.15, -0.1) is 33.9 Å².